The molecule has 0 aromatic heterocycles. The summed E-state index contributed by atoms with van der Waals surface area (Å²) in [6.45, 7) is 3.46. The van der Waals surface area contributed by atoms with Gasteiger partial charge in [-0.1, -0.05) is 15.9 Å². The SMILES string of the molecule is CP(C)(=O)c1cc(N)cc(Br)c1. The Kier molecular flexibility index (Phi) is 2.64. The molecule has 0 saturated carbocycles. The van der Waals surface area contributed by atoms with Crippen molar-refractivity contribution in [1.82, 2.24) is 0 Å². The predicted octanol–water partition coefficient (Wildman–Crippen LogP) is 2.28. The molecule has 1 rings (SSSR count). The van der Waals surface area contributed by atoms with Crippen LogP contribution in [0.15, 0.2) is 22.7 Å². The second-order valence-corrected chi connectivity index (χ2v) is 7.23. The number of hydrogen-bond donors (Lipinski definition) is 1. The van der Waals surface area contributed by atoms with Gasteiger partial charge >= 0.3 is 0 Å². The molecule has 0 bridgehead atoms. The highest BCUT2D eigenvalue weighted by molar-refractivity contribution is 9.10. The van der Waals surface area contributed by atoms with Crippen LogP contribution in [0.25, 0.3) is 0 Å². The van der Waals surface area contributed by atoms with Crippen LogP contribution in [0.3, 0.4) is 0 Å². The smallest absolute Gasteiger partial charge is 0.109 e. The molecule has 1 aromatic rings. The number of anilines is 1. The number of hydrogen-bond acceptors (Lipinski definition) is 2. The highest BCUT2D eigenvalue weighted by Crippen LogP contribution is 2.35. The summed E-state index contributed by atoms with van der Waals surface area (Å²) in [6, 6.07) is 5.39. The average Bonchev–Trinajstić information content (AvgIpc) is 1.82. The quantitative estimate of drug-likeness (QED) is 0.612. The van der Waals surface area contributed by atoms with Gasteiger partial charge in [-0.25, -0.2) is 0 Å². The monoisotopic (exact) mass is 247 g/mol. The zero-order valence-corrected chi connectivity index (χ0v) is 9.52. The topological polar surface area (TPSA) is 43.1 Å². The third-order valence-corrected chi connectivity index (χ3v) is 3.49. The predicted molar refractivity (Wildman–Crippen MR) is 57.6 cm³/mol. The lowest BCUT2D eigenvalue weighted by Gasteiger charge is -2.07. The minimum atomic E-state index is -2.18. The van der Waals surface area contributed by atoms with Gasteiger partial charge in [-0.3, -0.25) is 0 Å². The van der Waals surface area contributed by atoms with Crippen molar-refractivity contribution in [2.24, 2.45) is 0 Å². The molecule has 0 unspecified atom stereocenters. The lowest BCUT2D eigenvalue weighted by atomic mass is 10.3. The Morgan fingerprint density at radius 3 is 2.33 bits per heavy atom. The first kappa shape index (κ1) is 9.82. The highest BCUT2D eigenvalue weighted by atomic mass is 79.9. The van der Waals surface area contributed by atoms with Gasteiger partial charge in [0.05, 0.1) is 0 Å². The summed E-state index contributed by atoms with van der Waals surface area (Å²) in [7, 11) is -2.18. The molecule has 0 atom stereocenters. The van der Waals surface area contributed by atoms with Gasteiger partial charge in [0.15, 0.2) is 0 Å². The van der Waals surface area contributed by atoms with Crippen molar-refractivity contribution >= 4 is 34.1 Å². The maximum atomic E-state index is 11.6. The number of nitrogen functional groups attached to an aromatic ring is 1. The summed E-state index contributed by atoms with van der Waals surface area (Å²) in [5, 5.41) is 0.814. The van der Waals surface area contributed by atoms with E-state index in [1.807, 2.05) is 6.07 Å². The minimum absolute atomic E-state index is 0.642. The summed E-state index contributed by atoms with van der Waals surface area (Å²) < 4.78 is 12.5. The number of nitrogens with two attached hydrogens (primary N) is 1. The van der Waals surface area contributed by atoms with Crippen molar-refractivity contribution in [3.05, 3.63) is 22.7 Å². The van der Waals surface area contributed by atoms with Gasteiger partial charge in [0.1, 0.15) is 7.14 Å². The Morgan fingerprint density at radius 1 is 1.33 bits per heavy atom. The van der Waals surface area contributed by atoms with Crippen LogP contribution in [-0.2, 0) is 4.57 Å². The van der Waals surface area contributed by atoms with Crippen molar-refractivity contribution in [2.75, 3.05) is 19.1 Å². The van der Waals surface area contributed by atoms with Crippen LogP contribution in [0.5, 0.6) is 0 Å². The average molecular weight is 248 g/mol. The van der Waals surface area contributed by atoms with Crippen LogP contribution in [0.2, 0.25) is 0 Å². The fourth-order valence-electron chi connectivity index (χ4n) is 0.907. The highest BCUT2D eigenvalue weighted by Gasteiger charge is 2.11. The van der Waals surface area contributed by atoms with Crippen molar-refractivity contribution in [1.29, 1.82) is 0 Å². The van der Waals surface area contributed by atoms with E-state index in [9.17, 15) is 4.57 Å². The number of benzene rings is 1. The van der Waals surface area contributed by atoms with Gasteiger partial charge < -0.3 is 10.3 Å². The molecule has 0 aliphatic carbocycles. The van der Waals surface area contributed by atoms with Gasteiger partial charge in [-0.2, -0.15) is 0 Å². The molecule has 12 heavy (non-hydrogen) atoms. The van der Waals surface area contributed by atoms with Gasteiger partial charge in [0, 0.05) is 15.5 Å². The molecule has 0 spiro atoms. The van der Waals surface area contributed by atoms with Crippen LogP contribution in [0.4, 0.5) is 5.69 Å². The first-order valence-electron chi connectivity index (χ1n) is 3.51. The van der Waals surface area contributed by atoms with Gasteiger partial charge in [0.2, 0.25) is 0 Å². The molecule has 2 N–H and O–H groups in total. The van der Waals surface area contributed by atoms with E-state index in [-0.39, 0.29) is 0 Å². The summed E-state index contributed by atoms with van der Waals surface area (Å²) in [4.78, 5) is 0. The molecule has 0 saturated heterocycles. The third kappa shape index (κ3) is 2.36. The van der Waals surface area contributed by atoms with E-state index in [1.165, 1.54) is 0 Å². The fourth-order valence-corrected chi connectivity index (χ4v) is 2.50. The molecule has 4 heteroatoms. The molecule has 1 aromatic carbocycles. The standard InChI is InChI=1S/C8H11BrNOP/c1-12(2,11)8-4-6(9)3-7(10)5-8/h3-5H,10H2,1-2H3. The fraction of sp³-hybridized carbons (Fsp3) is 0.250. The molecule has 0 aliphatic heterocycles. The van der Waals surface area contributed by atoms with E-state index in [1.54, 1.807) is 25.5 Å². The van der Waals surface area contributed by atoms with Gasteiger partial charge in [0.25, 0.3) is 0 Å². The molecule has 0 radical (unpaired) electrons. The number of halogens is 1. The van der Waals surface area contributed by atoms with Crippen LogP contribution < -0.4 is 11.0 Å². The van der Waals surface area contributed by atoms with Crippen molar-refractivity contribution in [2.45, 2.75) is 0 Å². The Morgan fingerprint density at radius 2 is 1.92 bits per heavy atom. The zero-order chi connectivity index (χ0) is 9.35. The first-order chi connectivity index (χ1) is 5.39. The molecular formula is C8H11BrNOP. The molecule has 0 heterocycles. The molecule has 0 amide bonds. The van der Waals surface area contributed by atoms with Gasteiger partial charge in [-0.15, -0.1) is 0 Å². The van der Waals surface area contributed by atoms with E-state index >= 15 is 0 Å². The maximum absolute atomic E-state index is 11.6. The minimum Gasteiger partial charge on any atom is -0.399 e. The lowest BCUT2D eigenvalue weighted by Crippen LogP contribution is -2.04. The third-order valence-electron chi connectivity index (χ3n) is 1.53. The maximum Gasteiger partial charge on any atom is 0.109 e. The number of rotatable bonds is 1. The summed E-state index contributed by atoms with van der Waals surface area (Å²) in [5.41, 5.74) is 6.25. The second-order valence-electron chi connectivity index (χ2n) is 3.09. The Bertz CT molecular complexity index is 325. The van der Waals surface area contributed by atoms with E-state index in [4.69, 9.17) is 5.73 Å². The largest absolute Gasteiger partial charge is 0.399 e. The Balaban J connectivity index is 3.27. The summed E-state index contributed by atoms with van der Waals surface area (Å²) >= 11 is 3.30. The zero-order valence-electron chi connectivity index (χ0n) is 7.04. The summed E-state index contributed by atoms with van der Waals surface area (Å²) in [5.74, 6) is 0. The van der Waals surface area contributed by atoms with Crippen molar-refractivity contribution in [3.8, 4) is 0 Å². The second kappa shape index (κ2) is 3.23. The van der Waals surface area contributed by atoms with Crippen LogP contribution in [0, 0.1) is 0 Å². The Labute approximate surface area is 80.7 Å². The van der Waals surface area contributed by atoms with E-state index in [0.29, 0.717) is 5.69 Å². The van der Waals surface area contributed by atoms with Crippen LogP contribution in [0.1, 0.15) is 0 Å². The molecular weight excluding hydrogens is 237 g/mol. The first-order valence-corrected chi connectivity index (χ1v) is 6.90. The molecule has 66 valence electrons. The molecule has 2 nitrogen and oxygen atoms in total. The molecule has 0 fully saturated rings. The normalized spacial score (nSPS) is 11.6. The van der Waals surface area contributed by atoms with Crippen LogP contribution in [-0.4, -0.2) is 13.3 Å². The Hall–Kier alpha value is -0.270. The van der Waals surface area contributed by atoms with Crippen LogP contribution >= 0.6 is 23.1 Å². The summed E-state index contributed by atoms with van der Waals surface area (Å²) in [6.07, 6.45) is 0. The van der Waals surface area contributed by atoms with Crippen molar-refractivity contribution in [3.63, 3.8) is 0 Å². The molecule has 0 aliphatic rings. The lowest BCUT2D eigenvalue weighted by molar-refractivity contribution is 0.588. The van der Waals surface area contributed by atoms with Gasteiger partial charge in [-0.05, 0) is 31.5 Å². The van der Waals surface area contributed by atoms with E-state index < -0.39 is 7.14 Å². The van der Waals surface area contributed by atoms with E-state index in [0.717, 1.165) is 9.78 Å². The van der Waals surface area contributed by atoms with E-state index in [2.05, 4.69) is 15.9 Å². The van der Waals surface area contributed by atoms with Crippen molar-refractivity contribution < 1.29 is 4.57 Å².